The molecule has 0 spiro atoms. The zero-order valence-corrected chi connectivity index (χ0v) is 15.5. The number of rotatable bonds is 1. The van der Waals surface area contributed by atoms with E-state index in [0.29, 0.717) is 27.5 Å². The van der Waals surface area contributed by atoms with Crippen LogP contribution in [0.5, 0.6) is 5.75 Å². The van der Waals surface area contributed by atoms with E-state index in [1.165, 1.54) is 29.0 Å². The summed E-state index contributed by atoms with van der Waals surface area (Å²) in [7, 11) is 1.68. The van der Waals surface area contributed by atoms with Crippen LogP contribution in [-0.2, 0) is 12.6 Å². The molecule has 0 saturated heterocycles. The normalized spacial score (nSPS) is 15.2. The van der Waals surface area contributed by atoms with Crippen LogP contribution in [0.15, 0.2) is 35.4 Å². The molecule has 0 fully saturated rings. The third-order valence-electron chi connectivity index (χ3n) is 5.27. The van der Waals surface area contributed by atoms with Gasteiger partial charge in [-0.3, -0.25) is 14.1 Å². The van der Waals surface area contributed by atoms with Crippen LogP contribution < -0.4 is 10.4 Å². The minimum Gasteiger partial charge on any atom is -0.490 e. The average Bonchev–Trinajstić information content (AvgIpc) is 2.84. The molecular formula is C20H16F2N4O2. The van der Waals surface area contributed by atoms with Gasteiger partial charge < -0.3 is 4.74 Å². The number of aryl methyl sites for hydroxylation is 1. The lowest BCUT2D eigenvalue weighted by atomic mass is 10.0. The summed E-state index contributed by atoms with van der Waals surface area (Å²) >= 11 is 0. The Bertz CT molecular complexity index is 1340. The van der Waals surface area contributed by atoms with E-state index in [9.17, 15) is 9.18 Å². The molecule has 0 atom stereocenters. The third kappa shape index (κ3) is 2.08. The Labute approximate surface area is 158 Å². The number of hydrogen-bond acceptors (Lipinski definition) is 4. The van der Waals surface area contributed by atoms with Crippen LogP contribution >= 0.6 is 0 Å². The van der Waals surface area contributed by atoms with Gasteiger partial charge in [-0.25, -0.2) is 14.2 Å². The van der Waals surface area contributed by atoms with Gasteiger partial charge in [0.25, 0.3) is 0 Å². The van der Waals surface area contributed by atoms with Gasteiger partial charge in [0.2, 0.25) is 5.95 Å². The van der Waals surface area contributed by atoms with Crippen LogP contribution in [0.3, 0.4) is 0 Å². The molecular weight excluding hydrogens is 366 g/mol. The maximum absolute atomic E-state index is 15.1. The monoisotopic (exact) mass is 382 g/mol. The van der Waals surface area contributed by atoms with Crippen molar-refractivity contribution >= 4 is 21.9 Å². The van der Waals surface area contributed by atoms with Crippen molar-refractivity contribution in [2.45, 2.75) is 19.4 Å². The quantitative estimate of drug-likeness (QED) is 0.474. The molecule has 4 heterocycles. The highest BCUT2D eigenvalue weighted by atomic mass is 19.1. The number of pyridine rings is 2. The first-order chi connectivity index (χ1) is 13.3. The van der Waals surface area contributed by atoms with Gasteiger partial charge in [-0.15, -0.1) is 0 Å². The van der Waals surface area contributed by atoms with Crippen LogP contribution in [0.25, 0.3) is 33.1 Å². The Morgan fingerprint density at radius 3 is 2.68 bits per heavy atom. The Kier molecular flexibility index (Phi) is 3.23. The fourth-order valence-electron chi connectivity index (χ4n) is 3.90. The molecule has 0 bridgehead atoms. The zero-order valence-electron chi connectivity index (χ0n) is 15.5. The summed E-state index contributed by atoms with van der Waals surface area (Å²) in [6, 6.07) is 3.93. The van der Waals surface area contributed by atoms with E-state index in [4.69, 9.17) is 4.74 Å². The SMILES string of the molecule is Cn1c(=O)n2c3c4c(c(-c5ccc(F)nc5)c(F)cc4ncc31)OCC2(C)C. The fraction of sp³-hybridized carbons (Fsp3) is 0.250. The summed E-state index contributed by atoms with van der Waals surface area (Å²) in [5.74, 6) is -0.919. The molecule has 0 saturated carbocycles. The standard InChI is InChI=1S/C20H16F2N4O2/c1-20(2)9-28-18-15(10-4-5-14(22)24-7-10)11(21)6-12-16(18)17-13(8-23-12)25(3)19(27)26(17)20/h4-8H,9H2,1-3H3. The van der Waals surface area contributed by atoms with Gasteiger partial charge in [0.15, 0.2) is 0 Å². The molecule has 1 aliphatic rings. The van der Waals surface area contributed by atoms with Crippen LogP contribution in [0.2, 0.25) is 0 Å². The fourth-order valence-corrected chi connectivity index (χ4v) is 3.90. The first kappa shape index (κ1) is 16.9. The van der Waals surface area contributed by atoms with Crippen molar-refractivity contribution in [1.29, 1.82) is 0 Å². The van der Waals surface area contributed by atoms with Gasteiger partial charge in [-0.2, -0.15) is 4.39 Å². The van der Waals surface area contributed by atoms with E-state index in [0.717, 1.165) is 0 Å². The third-order valence-corrected chi connectivity index (χ3v) is 5.27. The van der Waals surface area contributed by atoms with Gasteiger partial charge in [-0.1, -0.05) is 0 Å². The summed E-state index contributed by atoms with van der Waals surface area (Å²) in [6.45, 7) is 3.93. The van der Waals surface area contributed by atoms with Crippen LogP contribution in [-0.4, -0.2) is 25.7 Å². The predicted octanol–water partition coefficient (Wildman–Crippen LogP) is 3.36. The summed E-state index contributed by atoms with van der Waals surface area (Å²) in [4.78, 5) is 20.9. The number of imidazole rings is 1. The number of nitrogens with zero attached hydrogens (tertiary/aromatic N) is 4. The number of halogens is 2. The van der Waals surface area contributed by atoms with Crippen LogP contribution in [0, 0.1) is 11.8 Å². The summed E-state index contributed by atoms with van der Waals surface area (Å²) in [5.41, 5.74) is 1.36. The summed E-state index contributed by atoms with van der Waals surface area (Å²) < 4.78 is 37.6. The molecule has 0 unspecified atom stereocenters. The second-order valence-corrected chi connectivity index (χ2v) is 7.60. The van der Waals surface area contributed by atoms with Gasteiger partial charge in [0.05, 0.1) is 39.2 Å². The minimum atomic E-state index is -0.668. The molecule has 142 valence electrons. The second kappa shape index (κ2) is 5.37. The van der Waals surface area contributed by atoms with Crippen molar-refractivity contribution in [3.05, 3.63) is 52.8 Å². The van der Waals surface area contributed by atoms with Crippen molar-refractivity contribution in [1.82, 2.24) is 19.1 Å². The highest BCUT2D eigenvalue weighted by molar-refractivity contribution is 6.09. The van der Waals surface area contributed by atoms with E-state index in [2.05, 4.69) is 9.97 Å². The Morgan fingerprint density at radius 1 is 1.18 bits per heavy atom. The largest absolute Gasteiger partial charge is 0.490 e. The first-order valence-corrected chi connectivity index (χ1v) is 8.77. The van der Waals surface area contributed by atoms with E-state index in [-0.39, 0.29) is 23.6 Å². The predicted molar refractivity (Wildman–Crippen MR) is 100 cm³/mol. The lowest BCUT2D eigenvalue weighted by molar-refractivity contribution is 0.189. The maximum Gasteiger partial charge on any atom is 0.329 e. The van der Waals surface area contributed by atoms with Crippen molar-refractivity contribution in [3.63, 3.8) is 0 Å². The van der Waals surface area contributed by atoms with Crippen LogP contribution in [0.4, 0.5) is 8.78 Å². The average molecular weight is 382 g/mol. The van der Waals surface area contributed by atoms with Gasteiger partial charge in [0, 0.05) is 24.9 Å². The summed E-state index contributed by atoms with van der Waals surface area (Å²) in [6.07, 6.45) is 2.83. The molecule has 28 heavy (non-hydrogen) atoms. The Balaban J connectivity index is 2.01. The lowest BCUT2D eigenvalue weighted by Crippen LogP contribution is -2.40. The van der Waals surface area contributed by atoms with Crippen molar-refractivity contribution < 1.29 is 13.5 Å². The van der Waals surface area contributed by atoms with Crippen molar-refractivity contribution in [3.8, 4) is 16.9 Å². The highest BCUT2D eigenvalue weighted by Crippen LogP contribution is 2.44. The number of benzene rings is 1. The molecule has 8 heteroatoms. The van der Waals surface area contributed by atoms with Gasteiger partial charge in [-0.05, 0) is 26.0 Å². The smallest absolute Gasteiger partial charge is 0.329 e. The molecule has 5 rings (SSSR count). The summed E-state index contributed by atoms with van der Waals surface area (Å²) in [5, 5.41) is 0.557. The molecule has 0 aliphatic carbocycles. The molecule has 0 N–H and O–H groups in total. The molecule has 6 nitrogen and oxygen atoms in total. The first-order valence-electron chi connectivity index (χ1n) is 8.77. The van der Waals surface area contributed by atoms with Gasteiger partial charge in [0.1, 0.15) is 18.2 Å². The molecule has 0 radical (unpaired) electrons. The molecule has 3 aromatic heterocycles. The molecule has 4 aromatic rings. The lowest BCUT2D eigenvalue weighted by Gasteiger charge is -2.24. The molecule has 1 aliphatic heterocycles. The van der Waals surface area contributed by atoms with E-state index in [1.807, 2.05) is 13.8 Å². The number of aromatic nitrogens is 4. The Morgan fingerprint density at radius 2 is 1.96 bits per heavy atom. The van der Waals surface area contributed by atoms with Crippen molar-refractivity contribution in [2.24, 2.45) is 7.05 Å². The van der Waals surface area contributed by atoms with Crippen molar-refractivity contribution in [2.75, 3.05) is 6.61 Å². The topological polar surface area (TPSA) is 61.9 Å². The Hall–Kier alpha value is -3.29. The van der Waals surface area contributed by atoms with Crippen LogP contribution in [0.1, 0.15) is 13.8 Å². The van der Waals surface area contributed by atoms with E-state index >= 15 is 4.39 Å². The molecule has 1 aromatic carbocycles. The zero-order chi connectivity index (χ0) is 19.8. The number of ether oxygens (including phenoxy) is 1. The molecule has 0 amide bonds. The number of hydrogen-bond donors (Lipinski definition) is 0. The van der Waals surface area contributed by atoms with E-state index < -0.39 is 17.3 Å². The second-order valence-electron chi connectivity index (χ2n) is 7.60. The maximum atomic E-state index is 15.1. The minimum absolute atomic E-state index is 0.154. The van der Waals surface area contributed by atoms with E-state index in [1.54, 1.807) is 17.8 Å². The van der Waals surface area contributed by atoms with Gasteiger partial charge >= 0.3 is 5.69 Å². The highest BCUT2D eigenvalue weighted by Gasteiger charge is 2.34.